The van der Waals surface area contributed by atoms with Gasteiger partial charge >= 0.3 is 0 Å². The molecule has 4 nitrogen and oxygen atoms in total. The number of nitrogens with zero attached hydrogens (tertiary/aromatic N) is 2. The van der Waals surface area contributed by atoms with Gasteiger partial charge in [-0.25, -0.2) is 0 Å². The van der Waals surface area contributed by atoms with Crippen LogP contribution in [0.5, 0.6) is 0 Å². The lowest BCUT2D eigenvalue weighted by Crippen LogP contribution is -2.43. The van der Waals surface area contributed by atoms with Crippen LogP contribution in [0.25, 0.3) is 0 Å². The smallest absolute Gasteiger partial charge is 0.194 e. The van der Waals surface area contributed by atoms with E-state index in [1.165, 1.54) is 24.8 Å². The highest BCUT2D eigenvalue weighted by Crippen LogP contribution is 2.43. The van der Waals surface area contributed by atoms with Gasteiger partial charge in [0.15, 0.2) is 5.96 Å². The van der Waals surface area contributed by atoms with Crippen LogP contribution in [0.4, 0.5) is 0 Å². The molecule has 1 saturated heterocycles. The van der Waals surface area contributed by atoms with E-state index in [1.54, 1.807) is 0 Å². The maximum absolute atomic E-state index is 9.76. The first-order valence-corrected chi connectivity index (χ1v) is 8.50. The number of hydrogen-bond acceptors (Lipinski definition) is 2. The zero-order valence-corrected chi connectivity index (χ0v) is 13.5. The number of nitrogens with one attached hydrogen (secondary N) is 1. The predicted molar refractivity (Wildman–Crippen MR) is 90.1 cm³/mol. The van der Waals surface area contributed by atoms with Gasteiger partial charge in [-0.3, -0.25) is 4.99 Å². The van der Waals surface area contributed by atoms with Gasteiger partial charge in [-0.1, -0.05) is 36.8 Å². The standard InChI is InChI=1S/C18H27N3O/c1-2-19-17(21-12-9-16(22)13-21)20-14-18(10-6-11-18)15-7-4-3-5-8-15/h3-5,7-8,16,22H,2,6,9-14H2,1H3,(H,19,20)/t16-/m1/s1. The molecule has 0 amide bonds. The Hall–Kier alpha value is -1.55. The van der Waals surface area contributed by atoms with E-state index < -0.39 is 0 Å². The summed E-state index contributed by atoms with van der Waals surface area (Å²) >= 11 is 0. The van der Waals surface area contributed by atoms with Gasteiger partial charge in [-0.2, -0.15) is 0 Å². The molecule has 0 spiro atoms. The molecular formula is C18H27N3O. The first kappa shape index (κ1) is 15.3. The Morgan fingerprint density at radius 3 is 2.68 bits per heavy atom. The molecule has 2 aliphatic rings. The monoisotopic (exact) mass is 301 g/mol. The van der Waals surface area contributed by atoms with E-state index in [-0.39, 0.29) is 11.5 Å². The molecule has 4 heteroatoms. The molecule has 1 atom stereocenters. The molecule has 0 aromatic heterocycles. The highest BCUT2D eigenvalue weighted by Gasteiger charge is 2.38. The number of guanidine groups is 1. The molecule has 1 aromatic carbocycles. The van der Waals surface area contributed by atoms with Crippen molar-refractivity contribution in [3.05, 3.63) is 35.9 Å². The molecule has 0 unspecified atom stereocenters. The van der Waals surface area contributed by atoms with Crippen molar-refractivity contribution in [2.75, 3.05) is 26.2 Å². The van der Waals surface area contributed by atoms with Gasteiger partial charge in [0, 0.05) is 25.0 Å². The molecule has 1 aliphatic heterocycles. The van der Waals surface area contributed by atoms with E-state index in [2.05, 4.69) is 47.5 Å². The molecule has 1 aromatic rings. The van der Waals surface area contributed by atoms with Crippen LogP contribution in [0.2, 0.25) is 0 Å². The lowest BCUT2D eigenvalue weighted by atomic mass is 9.64. The van der Waals surface area contributed by atoms with Crippen LogP contribution in [-0.4, -0.2) is 48.2 Å². The average Bonchev–Trinajstić information content (AvgIpc) is 2.92. The van der Waals surface area contributed by atoms with Crippen molar-refractivity contribution in [3.63, 3.8) is 0 Å². The molecule has 1 aliphatic carbocycles. The SMILES string of the molecule is CCNC(=NCC1(c2ccccc2)CCC1)N1CC[C@@H](O)C1. The fourth-order valence-electron chi connectivity index (χ4n) is 3.52. The van der Waals surface area contributed by atoms with E-state index >= 15 is 0 Å². The summed E-state index contributed by atoms with van der Waals surface area (Å²) in [5.41, 5.74) is 1.64. The molecule has 0 radical (unpaired) electrons. The minimum Gasteiger partial charge on any atom is -0.391 e. The van der Waals surface area contributed by atoms with Gasteiger partial charge in [0.2, 0.25) is 0 Å². The van der Waals surface area contributed by atoms with Crippen LogP contribution in [0.15, 0.2) is 35.3 Å². The van der Waals surface area contributed by atoms with E-state index in [0.29, 0.717) is 6.54 Å². The molecule has 22 heavy (non-hydrogen) atoms. The number of aliphatic hydroxyl groups excluding tert-OH is 1. The highest BCUT2D eigenvalue weighted by atomic mass is 16.3. The fraction of sp³-hybridized carbons (Fsp3) is 0.611. The van der Waals surface area contributed by atoms with Crippen molar-refractivity contribution < 1.29 is 5.11 Å². The van der Waals surface area contributed by atoms with Crippen LogP contribution in [0.3, 0.4) is 0 Å². The van der Waals surface area contributed by atoms with Crippen molar-refractivity contribution >= 4 is 5.96 Å². The number of benzene rings is 1. The van der Waals surface area contributed by atoms with Gasteiger partial charge in [0.25, 0.3) is 0 Å². The third kappa shape index (κ3) is 3.12. The molecule has 1 heterocycles. The van der Waals surface area contributed by atoms with E-state index in [1.807, 2.05) is 0 Å². The minimum atomic E-state index is -0.212. The van der Waals surface area contributed by atoms with Crippen LogP contribution >= 0.6 is 0 Å². The molecule has 1 saturated carbocycles. The second-order valence-electron chi connectivity index (χ2n) is 6.56. The minimum absolute atomic E-state index is 0.212. The van der Waals surface area contributed by atoms with Crippen LogP contribution < -0.4 is 5.32 Å². The molecular weight excluding hydrogens is 274 g/mol. The van der Waals surface area contributed by atoms with Crippen LogP contribution in [0, 0.1) is 0 Å². The average molecular weight is 301 g/mol. The Bertz CT molecular complexity index is 510. The third-order valence-corrected chi connectivity index (χ3v) is 5.03. The first-order chi connectivity index (χ1) is 10.7. The number of likely N-dealkylation sites (tertiary alicyclic amines) is 1. The number of aliphatic hydroxyl groups is 1. The highest BCUT2D eigenvalue weighted by molar-refractivity contribution is 5.80. The Morgan fingerprint density at radius 2 is 2.14 bits per heavy atom. The van der Waals surface area contributed by atoms with Crippen LogP contribution in [0.1, 0.15) is 38.2 Å². The third-order valence-electron chi connectivity index (χ3n) is 5.03. The number of aliphatic imine (C=N–C) groups is 1. The molecule has 2 fully saturated rings. The zero-order chi connectivity index (χ0) is 15.4. The second kappa shape index (κ2) is 6.69. The van der Waals surface area contributed by atoms with E-state index in [4.69, 9.17) is 4.99 Å². The Morgan fingerprint density at radius 1 is 1.36 bits per heavy atom. The summed E-state index contributed by atoms with van der Waals surface area (Å²) in [6.45, 7) is 5.39. The molecule has 2 N–H and O–H groups in total. The summed E-state index contributed by atoms with van der Waals surface area (Å²) in [4.78, 5) is 7.11. The number of hydrogen-bond donors (Lipinski definition) is 2. The van der Waals surface area contributed by atoms with Gasteiger partial charge in [0.05, 0.1) is 12.6 Å². The first-order valence-electron chi connectivity index (χ1n) is 8.50. The van der Waals surface area contributed by atoms with Gasteiger partial charge in [-0.15, -0.1) is 0 Å². The van der Waals surface area contributed by atoms with Crippen molar-refractivity contribution in [2.24, 2.45) is 4.99 Å². The summed E-state index contributed by atoms with van der Waals surface area (Å²) < 4.78 is 0. The lowest BCUT2D eigenvalue weighted by molar-refractivity contribution is 0.187. The maximum atomic E-state index is 9.76. The normalized spacial score (nSPS) is 24.2. The van der Waals surface area contributed by atoms with Crippen LogP contribution in [-0.2, 0) is 5.41 Å². The molecule has 0 bridgehead atoms. The van der Waals surface area contributed by atoms with Crippen molar-refractivity contribution in [1.82, 2.24) is 10.2 Å². The Balaban J connectivity index is 1.74. The van der Waals surface area contributed by atoms with Gasteiger partial charge < -0.3 is 15.3 Å². The van der Waals surface area contributed by atoms with Gasteiger partial charge in [-0.05, 0) is 31.7 Å². The summed E-state index contributed by atoms with van der Waals surface area (Å²) in [7, 11) is 0. The fourth-order valence-corrected chi connectivity index (χ4v) is 3.52. The zero-order valence-electron chi connectivity index (χ0n) is 13.5. The summed E-state index contributed by atoms with van der Waals surface area (Å²) in [5.74, 6) is 0.959. The van der Waals surface area contributed by atoms with E-state index in [0.717, 1.165) is 32.0 Å². The van der Waals surface area contributed by atoms with Crippen molar-refractivity contribution in [3.8, 4) is 0 Å². The van der Waals surface area contributed by atoms with Crippen molar-refractivity contribution in [2.45, 2.75) is 44.1 Å². The Labute approximate surface area is 133 Å². The summed E-state index contributed by atoms with van der Waals surface area (Å²) in [6.07, 6.45) is 4.37. The number of rotatable bonds is 4. The molecule has 3 rings (SSSR count). The topological polar surface area (TPSA) is 47.9 Å². The van der Waals surface area contributed by atoms with E-state index in [9.17, 15) is 5.11 Å². The van der Waals surface area contributed by atoms with Gasteiger partial charge in [0.1, 0.15) is 0 Å². The summed E-state index contributed by atoms with van der Waals surface area (Å²) in [6, 6.07) is 10.8. The quantitative estimate of drug-likeness (QED) is 0.662. The predicted octanol–water partition coefficient (Wildman–Crippen LogP) is 2.14. The largest absolute Gasteiger partial charge is 0.391 e. The second-order valence-corrected chi connectivity index (χ2v) is 6.56. The number of β-amino-alcohol motifs (C(OH)–C–C–N with tert-alkyl or cyclic N) is 1. The molecule has 120 valence electrons. The lowest BCUT2D eigenvalue weighted by Gasteiger charge is -2.41. The van der Waals surface area contributed by atoms with Crippen molar-refractivity contribution in [1.29, 1.82) is 0 Å². The summed E-state index contributed by atoms with van der Waals surface area (Å²) in [5, 5.41) is 13.1. The maximum Gasteiger partial charge on any atom is 0.194 e. The Kier molecular flexibility index (Phi) is 4.67.